The van der Waals surface area contributed by atoms with E-state index in [0.717, 1.165) is 50.6 Å². The van der Waals surface area contributed by atoms with Crippen molar-refractivity contribution in [3.63, 3.8) is 0 Å². The van der Waals surface area contributed by atoms with E-state index in [1.807, 2.05) is 50.6 Å². The number of nitrogens with one attached hydrogen (secondary N) is 1. The Bertz CT molecular complexity index is 728. The molecule has 0 bridgehead atoms. The number of hydrogen-bond donors (Lipinski definition) is 1. The Morgan fingerprint density at radius 3 is 2.56 bits per heavy atom. The lowest BCUT2D eigenvalue weighted by atomic mass is 10.2. The standard InChI is InChI=1S/C20H28N6O/c1-24(2)11-5-9-23-20(27)18-16-17(7-10-21-18)25-12-14-26(15-13-25)19-6-3-4-8-22-19/h3-4,6-8,10,16H,5,9,11-15H2,1-2H3,(H,23,27). The van der Waals surface area contributed by atoms with Crippen LogP contribution in [0.25, 0.3) is 0 Å². The number of carbonyl (C=O) groups excluding carboxylic acids is 1. The summed E-state index contributed by atoms with van der Waals surface area (Å²) >= 11 is 0. The molecule has 1 N–H and O–H groups in total. The van der Waals surface area contributed by atoms with Gasteiger partial charge in [0.15, 0.2) is 0 Å². The number of aromatic nitrogens is 2. The lowest BCUT2D eigenvalue weighted by molar-refractivity contribution is 0.0947. The molecule has 0 spiro atoms. The van der Waals surface area contributed by atoms with Gasteiger partial charge in [-0.1, -0.05) is 6.07 Å². The van der Waals surface area contributed by atoms with Gasteiger partial charge in [0.25, 0.3) is 5.91 Å². The van der Waals surface area contributed by atoms with Gasteiger partial charge < -0.3 is 20.0 Å². The van der Waals surface area contributed by atoms with Crippen molar-refractivity contribution in [3.8, 4) is 0 Å². The van der Waals surface area contributed by atoms with Gasteiger partial charge in [-0.3, -0.25) is 9.78 Å². The first-order valence-corrected chi connectivity index (χ1v) is 9.43. The fourth-order valence-electron chi connectivity index (χ4n) is 3.16. The fraction of sp³-hybridized carbons (Fsp3) is 0.450. The molecule has 3 heterocycles. The van der Waals surface area contributed by atoms with Crippen LogP contribution in [0.2, 0.25) is 0 Å². The summed E-state index contributed by atoms with van der Waals surface area (Å²) in [5, 5.41) is 2.95. The normalized spacial score (nSPS) is 14.5. The van der Waals surface area contributed by atoms with Gasteiger partial charge in [-0.05, 0) is 51.3 Å². The third kappa shape index (κ3) is 5.40. The van der Waals surface area contributed by atoms with Crippen LogP contribution in [-0.2, 0) is 0 Å². The predicted octanol–water partition coefficient (Wildman–Crippen LogP) is 1.48. The van der Waals surface area contributed by atoms with Gasteiger partial charge in [-0.15, -0.1) is 0 Å². The Labute approximate surface area is 161 Å². The number of piperazine rings is 1. The molecular weight excluding hydrogens is 340 g/mol. The molecule has 0 aliphatic carbocycles. The van der Waals surface area contributed by atoms with Gasteiger partial charge in [-0.25, -0.2) is 4.98 Å². The smallest absolute Gasteiger partial charge is 0.269 e. The minimum Gasteiger partial charge on any atom is -0.368 e. The zero-order valence-corrected chi connectivity index (χ0v) is 16.1. The van der Waals surface area contributed by atoms with Gasteiger partial charge in [0.1, 0.15) is 11.5 Å². The quantitative estimate of drug-likeness (QED) is 0.747. The van der Waals surface area contributed by atoms with Crippen molar-refractivity contribution in [1.82, 2.24) is 20.2 Å². The molecule has 27 heavy (non-hydrogen) atoms. The van der Waals surface area contributed by atoms with Crippen molar-refractivity contribution < 1.29 is 4.79 Å². The maximum Gasteiger partial charge on any atom is 0.269 e. The van der Waals surface area contributed by atoms with Crippen LogP contribution < -0.4 is 15.1 Å². The molecule has 0 aromatic carbocycles. The number of nitrogens with zero attached hydrogens (tertiary/aromatic N) is 5. The number of amides is 1. The second-order valence-electron chi connectivity index (χ2n) is 6.97. The predicted molar refractivity (Wildman–Crippen MR) is 108 cm³/mol. The summed E-state index contributed by atoms with van der Waals surface area (Å²) in [7, 11) is 4.06. The maximum atomic E-state index is 12.3. The van der Waals surface area contributed by atoms with E-state index in [-0.39, 0.29) is 5.91 Å². The van der Waals surface area contributed by atoms with Gasteiger partial charge in [0, 0.05) is 50.8 Å². The highest BCUT2D eigenvalue weighted by atomic mass is 16.1. The molecule has 0 unspecified atom stereocenters. The fourth-order valence-corrected chi connectivity index (χ4v) is 3.16. The van der Waals surface area contributed by atoms with Crippen molar-refractivity contribution in [2.75, 3.05) is 63.2 Å². The number of hydrogen-bond acceptors (Lipinski definition) is 6. The molecule has 1 fully saturated rings. The molecule has 7 nitrogen and oxygen atoms in total. The Morgan fingerprint density at radius 1 is 1.07 bits per heavy atom. The molecule has 1 amide bonds. The topological polar surface area (TPSA) is 64.6 Å². The highest BCUT2D eigenvalue weighted by Gasteiger charge is 2.19. The molecule has 3 rings (SSSR count). The summed E-state index contributed by atoms with van der Waals surface area (Å²) in [5.74, 6) is 0.910. The monoisotopic (exact) mass is 368 g/mol. The maximum absolute atomic E-state index is 12.3. The second-order valence-corrected chi connectivity index (χ2v) is 6.97. The van der Waals surface area contributed by atoms with E-state index in [9.17, 15) is 4.79 Å². The first-order chi connectivity index (χ1) is 13.1. The summed E-state index contributed by atoms with van der Waals surface area (Å²) in [6, 6.07) is 9.85. The van der Waals surface area contributed by atoms with Crippen molar-refractivity contribution in [2.24, 2.45) is 0 Å². The zero-order valence-electron chi connectivity index (χ0n) is 16.1. The third-order valence-corrected chi connectivity index (χ3v) is 4.66. The molecule has 0 radical (unpaired) electrons. The largest absolute Gasteiger partial charge is 0.368 e. The van der Waals surface area contributed by atoms with E-state index in [0.29, 0.717) is 12.2 Å². The third-order valence-electron chi connectivity index (χ3n) is 4.66. The average molecular weight is 368 g/mol. The van der Waals surface area contributed by atoms with E-state index in [2.05, 4.69) is 30.0 Å². The molecular formula is C20H28N6O. The molecule has 144 valence electrons. The SMILES string of the molecule is CN(C)CCCNC(=O)c1cc(N2CCN(c3ccccn3)CC2)ccn1. The Hall–Kier alpha value is -2.67. The lowest BCUT2D eigenvalue weighted by Gasteiger charge is -2.36. The van der Waals surface area contributed by atoms with E-state index < -0.39 is 0 Å². The van der Waals surface area contributed by atoms with Gasteiger partial charge in [-0.2, -0.15) is 0 Å². The number of pyridine rings is 2. The van der Waals surface area contributed by atoms with Crippen LogP contribution in [0.1, 0.15) is 16.9 Å². The molecule has 2 aromatic heterocycles. The minimum absolute atomic E-state index is 0.109. The summed E-state index contributed by atoms with van der Waals surface area (Å²) in [4.78, 5) is 27.7. The van der Waals surface area contributed by atoms with Gasteiger partial charge in [0.2, 0.25) is 0 Å². The van der Waals surface area contributed by atoms with Crippen LogP contribution in [0.3, 0.4) is 0 Å². The zero-order chi connectivity index (χ0) is 19.1. The first kappa shape index (κ1) is 19.1. The van der Waals surface area contributed by atoms with E-state index in [4.69, 9.17) is 0 Å². The van der Waals surface area contributed by atoms with Crippen LogP contribution >= 0.6 is 0 Å². The van der Waals surface area contributed by atoms with Crippen molar-refractivity contribution >= 4 is 17.4 Å². The van der Waals surface area contributed by atoms with Crippen LogP contribution in [0.5, 0.6) is 0 Å². The lowest BCUT2D eigenvalue weighted by Crippen LogP contribution is -2.46. The van der Waals surface area contributed by atoms with Crippen molar-refractivity contribution in [3.05, 3.63) is 48.4 Å². The summed E-state index contributed by atoms with van der Waals surface area (Å²) in [6.45, 7) is 5.21. The second kappa shape index (κ2) is 9.32. The highest BCUT2D eigenvalue weighted by molar-refractivity contribution is 5.93. The minimum atomic E-state index is -0.109. The first-order valence-electron chi connectivity index (χ1n) is 9.43. The Balaban J connectivity index is 1.54. The molecule has 1 saturated heterocycles. The summed E-state index contributed by atoms with van der Waals surface area (Å²) in [5.41, 5.74) is 1.52. The summed E-state index contributed by atoms with van der Waals surface area (Å²) < 4.78 is 0. The molecule has 7 heteroatoms. The number of rotatable bonds is 7. The Morgan fingerprint density at radius 2 is 1.85 bits per heavy atom. The molecule has 2 aromatic rings. The highest BCUT2D eigenvalue weighted by Crippen LogP contribution is 2.19. The average Bonchev–Trinajstić information content (AvgIpc) is 2.72. The molecule has 0 atom stereocenters. The van der Waals surface area contributed by atoms with Crippen LogP contribution in [0, 0.1) is 0 Å². The molecule has 1 aliphatic rings. The van der Waals surface area contributed by atoms with E-state index in [1.165, 1.54) is 0 Å². The van der Waals surface area contributed by atoms with Crippen LogP contribution in [0.4, 0.5) is 11.5 Å². The number of carbonyl (C=O) groups is 1. The molecule has 1 aliphatic heterocycles. The summed E-state index contributed by atoms with van der Waals surface area (Å²) in [6.07, 6.45) is 4.47. The Kier molecular flexibility index (Phi) is 6.59. The van der Waals surface area contributed by atoms with E-state index in [1.54, 1.807) is 6.20 Å². The number of anilines is 2. The van der Waals surface area contributed by atoms with Crippen LogP contribution in [-0.4, -0.2) is 74.1 Å². The van der Waals surface area contributed by atoms with Crippen molar-refractivity contribution in [1.29, 1.82) is 0 Å². The van der Waals surface area contributed by atoms with Gasteiger partial charge >= 0.3 is 0 Å². The van der Waals surface area contributed by atoms with Gasteiger partial charge in [0.05, 0.1) is 0 Å². The molecule has 0 saturated carbocycles. The van der Waals surface area contributed by atoms with Crippen LogP contribution in [0.15, 0.2) is 42.7 Å². The van der Waals surface area contributed by atoms with Crippen molar-refractivity contribution in [2.45, 2.75) is 6.42 Å². The van der Waals surface area contributed by atoms with E-state index >= 15 is 0 Å².